The molecule has 3 heterocycles. The topological polar surface area (TPSA) is 67.5 Å². The number of pyridine rings is 1. The maximum absolute atomic E-state index is 12.3. The molecule has 0 aliphatic rings. The van der Waals surface area contributed by atoms with Gasteiger partial charge in [0.1, 0.15) is 6.33 Å². The monoisotopic (exact) mass is 881 g/mol. The number of aryl methyl sites for hydroxylation is 1. The van der Waals surface area contributed by atoms with Crippen LogP contribution in [-0.2, 0) is 31.3 Å². The molecule has 1 radical (unpaired) electrons. The molecule has 0 fully saturated rings. The van der Waals surface area contributed by atoms with Crippen LogP contribution in [0.1, 0.15) is 98.6 Å². The Kier molecular flexibility index (Phi) is 12.3. The number of aliphatic hydroxyl groups excluding tert-OH is 1. The Labute approximate surface area is 320 Å². The van der Waals surface area contributed by atoms with Gasteiger partial charge in [-0.1, -0.05) is 110 Å². The van der Waals surface area contributed by atoms with Gasteiger partial charge in [-0.2, -0.15) is 0 Å². The minimum absolute atomic E-state index is 0. The quantitative estimate of drug-likeness (QED) is 0.0372. The van der Waals surface area contributed by atoms with Gasteiger partial charge in [0.15, 0.2) is 5.78 Å². The third-order valence-corrected chi connectivity index (χ3v) is 13.0. The first-order chi connectivity index (χ1) is 23.5. The molecule has 51 heavy (non-hydrogen) atoms. The van der Waals surface area contributed by atoms with Gasteiger partial charge in [0.25, 0.3) is 0 Å². The minimum Gasteiger partial charge on any atom is -0.512 e. The molecule has 1 N–H and O–H groups in total. The van der Waals surface area contributed by atoms with Gasteiger partial charge in [0.05, 0.1) is 19.3 Å². The Bertz CT molecular complexity index is 2190. The standard InChI is InChI=1S/C29H30N3Si.C15H28O2.Ir/c1-17-10-21-20-9-8-18(15-29(2,3)4)12-24(20)32-25-14-19(33(5,6)7)13-23-26(25)27(31-16-30-23)22(11-17)28(21)32;1-6-12(7-2)13(16)11-14(17)15(8-3,9-4)10-5;/h8-10,12-14,16H,15H2,1-7H3;11-12,16H,6-10H2,1-5H3;/q-1;;/b;13-11-;. The van der Waals surface area contributed by atoms with Crippen LogP contribution in [0.3, 0.4) is 0 Å². The van der Waals surface area contributed by atoms with E-state index in [4.69, 9.17) is 9.97 Å². The van der Waals surface area contributed by atoms with Crippen molar-refractivity contribution in [2.75, 3.05) is 0 Å². The maximum Gasteiger partial charge on any atom is 0.165 e. The molecule has 0 bridgehead atoms. The summed E-state index contributed by atoms with van der Waals surface area (Å²) in [7, 11) is -1.55. The van der Waals surface area contributed by atoms with E-state index in [0.29, 0.717) is 0 Å². The molecule has 0 atom stereocenters. The van der Waals surface area contributed by atoms with E-state index in [1.54, 1.807) is 6.33 Å². The molecular weight excluding hydrogens is 823 g/mol. The third-order valence-electron chi connectivity index (χ3n) is 11.0. The van der Waals surface area contributed by atoms with E-state index in [9.17, 15) is 9.90 Å². The predicted molar refractivity (Wildman–Crippen MR) is 217 cm³/mol. The molecule has 0 spiro atoms. The Hall–Kier alpha value is -3.12. The van der Waals surface area contributed by atoms with Crippen LogP contribution in [0, 0.1) is 29.7 Å². The van der Waals surface area contributed by atoms with E-state index in [2.05, 4.69) is 94.2 Å². The second-order valence-corrected chi connectivity index (χ2v) is 21.7. The van der Waals surface area contributed by atoms with Gasteiger partial charge >= 0.3 is 0 Å². The smallest absolute Gasteiger partial charge is 0.165 e. The van der Waals surface area contributed by atoms with Gasteiger partial charge in [-0.05, 0) is 78.6 Å². The van der Waals surface area contributed by atoms with Crippen LogP contribution >= 0.6 is 0 Å². The van der Waals surface area contributed by atoms with Crippen LogP contribution in [-0.4, -0.2) is 33.3 Å². The number of allylic oxidation sites excluding steroid dienone is 2. The number of fused-ring (bicyclic) bond motifs is 5. The second kappa shape index (κ2) is 15.5. The second-order valence-electron chi connectivity index (χ2n) is 16.7. The van der Waals surface area contributed by atoms with Crippen molar-refractivity contribution < 1.29 is 30.0 Å². The van der Waals surface area contributed by atoms with Crippen molar-refractivity contribution in [3.8, 4) is 0 Å². The molecule has 5 nitrogen and oxygen atoms in total. The molecule has 3 aromatic heterocycles. The van der Waals surface area contributed by atoms with Crippen LogP contribution in [0.4, 0.5) is 0 Å². The normalized spacial score (nSPS) is 13.1. The van der Waals surface area contributed by atoms with Gasteiger partial charge in [-0.25, -0.2) is 4.98 Å². The summed E-state index contributed by atoms with van der Waals surface area (Å²) >= 11 is 0. The molecule has 0 aliphatic heterocycles. The molecule has 275 valence electrons. The molecule has 0 unspecified atom stereocenters. The fraction of sp³-hybridized carbons (Fsp3) is 0.477. The van der Waals surface area contributed by atoms with E-state index in [1.807, 2.05) is 34.6 Å². The zero-order valence-corrected chi connectivity index (χ0v) is 36.4. The first-order valence-electron chi connectivity index (χ1n) is 18.8. The van der Waals surface area contributed by atoms with E-state index in [0.717, 1.165) is 65.9 Å². The van der Waals surface area contributed by atoms with Crippen molar-refractivity contribution in [2.45, 2.75) is 120 Å². The molecule has 0 saturated heterocycles. The molecule has 7 heteroatoms. The summed E-state index contributed by atoms with van der Waals surface area (Å²) in [6, 6.07) is 17.7. The Morgan fingerprint density at radius 3 is 2.14 bits per heavy atom. The van der Waals surface area contributed by atoms with Gasteiger partial charge < -0.3 is 9.51 Å². The van der Waals surface area contributed by atoms with Crippen LogP contribution < -0.4 is 5.19 Å². The fourth-order valence-corrected chi connectivity index (χ4v) is 8.90. The first-order valence-corrected chi connectivity index (χ1v) is 22.3. The molecule has 0 amide bonds. The van der Waals surface area contributed by atoms with E-state index in [1.165, 1.54) is 44.1 Å². The third kappa shape index (κ3) is 7.82. The average Bonchev–Trinajstić information content (AvgIpc) is 3.37. The van der Waals surface area contributed by atoms with Crippen molar-refractivity contribution in [1.82, 2.24) is 14.4 Å². The number of benzene rings is 3. The summed E-state index contributed by atoms with van der Waals surface area (Å²) in [5.74, 6) is 0.483. The van der Waals surface area contributed by atoms with Crippen molar-refractivity contribution in [3.63, 3.8) is 0 Å². The van der Waals surface area contributed by atoms with Crippen LogP contribution in [0.25, 0.3) is 49.1 Å². The number of rotatable bonds is 10. The van der Waals surface area contributed by atoms with E-state index in [-0.39, 0.29) is 48.4 Å². The Balaban J connectivity index is 0.000000279. The van der Waals surface area contributed by atoms with Crippen molar-refractivity contribution in [2.24, 2.45) is 16.7 Å². The number of aromatic nitrogens is 3. The van der Waals surface area contributed by atoms with Gasteiger partial charge in [0.2, 0.25) is 0 Å². The molecule has 6 rings (SSSR count). The molecular formula is C44H58IrN3O2Si-. The number of hydrogen-bond acceptors (Lipinski definition) is 4. The van der Waals surface area contributed by atoms with Crippen LogP contribution in [0.5, 0.6) is 0 Å². The number of aliphatic hydroxyl groups is 1. The van der Waals surface area contributed by atoms with Crippen molar-refractivity contribution in [1.29, 1.82) is 0 Å². The summed E-state index contributed by atoms with van der Waals surface area (Å²) < 4.78 is 2.48. The molecule has 0 saturated carbocycles. The van der Waals surface area contributed by atoms with Gasteiger partial charge in [0, 0.05) is 59.5 Å². The van der Waals surface area contributed by atoms with E-state index >= 15 is 0 Å². The minimum atomic E-state index is -1.55. The van der Waals surface area contributed by atoms with Gasteiger partial charge in [-0.15, -0.1) is 17.7 Å². The maximum atomic E-state index is 12.3. The zero-order chi connectivity index (χ0) is 36.8. The largest absolute Gasteiger partial charge is 0.512 e. The summed E-state index contributed by atoms with van der Waals surface area (Å²) in [5, 5.41) is 16.2. The number of ketones is 1. The first kappa shape index (κ1) is 40.6. The Morgan fingerprint density at radius 2 is 1.57 bits per heavy atom. The Morgan fingerprint density at radius 1 is 0.922 bits per heavy atom. The van der Waals surface area contributed by atoms with Crippen molar-refractivity contribution >= 4 is 68.2 Å². The summed E-state index contributed by atoms with van der Waals surface area (Å²) in [6.45, 7) is 26.5. The molecule has 3 aromatic carbocycles. The van der Waals surface area contributed by atoms with Crippen LogP contribution in [0.15, 0.2) is 54.6 Å². The number of carbonyl (C=O) groups excluding carboxylic acids is 1. The molecule has 6 aromatic rings. The number of nitrogens with zero attached hydrogens (tertiary/aromatic N) is 3. The molecule has 0 aliphatic carbocycles. The number of hydrogen-bond donors (Lipinski definition) is 1. The van der Waals surface area contributed by atoms with Crippen LogP contribution in [0.2, 0.25) is 19.6 Å². The predicted octanol–water partition coefficient (Wildman–Crippen LogP) is 11.7. The average molecular weight is 881 g/mol. The van der Waals surface area contributed by atoms with Gasteiger partial charge in [-0.3, -0.25) is 9.78 Å². The van der Waals surface area contributed by atoms with E-state index < -0.39 is 8.07 Å². The fourth-order valence-electron chi connectivity index (χ4n) is 7.76. The number of carbonyl (C=O) groups is 1. The zero-order valence-electron chi connectivity index (χ0n) is 33.0. The SMILES string of the molecule is CCC(CC)/C(O)=C/C(=O)C(CC)(CC)CC.Cc1[c-]c2c3ncnc4cc([Si](C)(C)C)cc(c43)n3c4cc(CC(C)(C)C)ccc4c(c1)c23.[Ir]. The van der Waals surface area contributed by atoms with Crippen molar-refractivity contribution in [3.05, 3.63) is 71.8 Å². The summed E-state index contributed by atoms with van der Waals surface area (Å²) in [6.07, 6.45) is 8.52. The summed E-state index contributed by atoms with van der Waals surface area (Å²) in [5.41, 5.74) is 8.25. The summed E-state index contributed by atoms with van der Waals surface area (Å²) in [4.78, 5) is 21.8.